The van der Waals surface area contributed by atoms with Gasteiger partial charge in [-0.05, 0) is 61.4 Å². The summed E-state index contributed by atoms with van der Waals surface area (Å²) < 4.78 is 6.90. The summed E-state index contributed by atoms with van der Waals surface area (Å²) in [5.41, 5.74) is 3.19. The van der Waals surface area contributed by atoms with Crippen LogP contribution in [0.1, 0.15) is 27.0 Å². The van der Waals surface area contributed by atoms with Gasteiger partial charge in [0.1, 0.15) is 12.3 Å². The number of ether oxygens (including phenoxy) is 1. The van der Waals surface area contributed by atoms with Crippen LogP contribution in [0.25, 0.3) is 10.9 Å². The lowest BCUT2D eigenvalue weighted by Crippen LogP contribution is -2.24. The number of nitrogens with one attached hydrogen (secondary N) is 1. The number of benzene rings is 2. The predicted molar refractivity (Wildman–Crippen MR) is 127 cm³/mol. The molecule has 4 rings (SSSR count). The molecular weight excluding hydrogens is 418 g/mol. The molecule has 33 heavy (non-hydrogen) atoms. The van der Waals surface area contributed by atoms with Gasteiger partial charge in [-0.2, -0.15) is 0 Å². The molecule has 7 nitrogen and oxygen atoms in total. The molecule has 166 valence electrons. The van der Waals surface area contributed by atoms with E-state index in [-0.39, 0.29) is 18.0 Å². The quantitative estimate of drug-likeness (QED) is 0.459. The third-order valence-electron chi connectivity index (χ3n) is 5.30. The standard InChI is InChI=1S/C26H23N3O4/c1-16-10-17(2)12-19(11-16)28-24(30)15-29-14-22(25(31)18-6-8-27-9-7-18)26(32)21-5-4-20(33-3)13-23(21)29/h4-14H,15H2,1-3H3,(H,28,30). The highest BCUT2D eigenvalue weighted by atomic mass is 16.5. The zero-order chi connectivity index (χ0) is 23.5. The number of fused-ring (bicyclic) bond motifs is 1. The molecule has 0 aliphatic heterocycles. The van der Waals surface area contributed by atoms with Crippen LogP contribution in [0, 0.1) is 13.8 Å². The number of carbonyl (C=O) groups excluding carboxylic acids is 2. The minimum Gasteiger partial charge on any atom is -0.497 e. The number of aromatic nitrogens is 2. The Morgan fingerprint density at radius 2 is 1.70 bits per heavy atom. The lowest BCUT2D eigenvalue weighted by molar-refractivity contribution is -0.116. The van der Waals surface area contributed by atoms with Crippen molar-refractivity contribution in [1.82, 2.24) is 9.55 Å². The summed E-state index contributed by atoms with van der Waals surface area (Å²) in [5, 5.41) is 3.23. The number of pyridine rings is 2. The number of hydrogen-bond donors (Lipinski definition) is 1. The molecule has 0 aliphatic carbocycles. The minimum absolute atomic E-state index is 0.0157. The van der Waals surface area contributed by atoms with E-state index in [9.17, 15) is 14.4 Å². The summed E-state index contributed by atoms with van der Waals surface area (Å²) in [7, 11) is 1.53. The van der Waals surface area contributed by atoms with Gasteiger partial charge in [0.2, 0.25) is 11.3 Å². The van der Waals surface area contributed by atoms with E-state index in [0.717, 1.165) is 11.1 Å². The van der Waals surface area contributed by atoms with Crippen molar-refractivity contribution >= 4 is 28.3 Å². The van der Waals surface area contributed by atoms with Gasteiger partial charge in [0, 0.05) is 41.3 Å². The molecule has 2 aromatic carbocycles. The van der Waals surface area contributed by atoms with Gasteiger partial charge in [-0.15, -0.1) is 0 Å². The molecule has 1 amide bonds. The van der Waals surface area contributed by atoms with Crippen LogP contribution in [0.4, 0.5) is 5.69 Å². The van der Waals surface area contributed by atoms with Crippen LogP contribution >= 0.6 is 0 Å². The molecule has 7 heteroatoms. The highest BCUT2D eigenvalue weighted by Crippen LogP contribution is 2.21. The number of ketones is 1. The normalized spacial score (nSPS) is 10.8. The van der Waals surface area contributed by atoms with E-state index in [1.807, 2.05) is 32.0 Å². The largest absolute Gasteiger partial charge is 0.497 e. The van der Waals surface area contributed by atoms with Gasteiger partial charge in [0.05, 0.1) is 18.2 Å². The van der Waals surface area contributed by atoms with E-state index in [4.69, 9.17) is 4.74 Å². The molecule has 0 saturated heterocycles. The summed E-state index contributed by atoms with van der Waals surface area (Å²) in [6.07, 6.45) is 4.43. The first-order valence-corrected chi connectivity index (χ1v) is 10.4. The van der Waals surface area contributed by atoms with Crippen LogP contribution in [0.3, 0.4) is 0 Å². The van der Waals surface area contributed by atoms with Crippen LogP contribution in [0.15, 0.2) is 71.9 Å². The van der Waals surface area contributed by atoms with Crippen LogP contribution in [-0.2, 0) is 11.3 Å². The molecule has 2 aromatic heterocycles. The molecule has 0 bridgehead atoms. The summed E-state index contributed by atoms with van der Waals surface area (Å²) in [5.74, 6) is -0.169. The van der Waals surface area contributed by atoms with E-state index in [1.165, 1.54) is 25.7 Å². The molecule has 1 N–H and O–H groups in total. The van der Waals surface area contributed by atoms with Gasteiger partial charge in [-0.25, -0.2) is 0 Å². The average molecular weight is 441 g/mol. The Kier molecular flexibility index (Phi) is 6.04. The van der Waals surface area contributed by atoms with Gasteiger partial charge in [0.25, 0.3) is 0 Å². The number of hydrogen-bond acceptors (Lipinski definition) is 5. The van der Waals surface area contributed by atoms with Gasteiger partial charge in [-0.1, -0.05) is 6.07 Å². The molecule has 2 heterocycles. The molecule has 0 spiro atoms. The Bertz CT molecular complexity index is 1400. The summed E-state index contributed by atoms with van der Waals surface area (Å²) >= 11 is 0. The topological polar surface area (TPSA) is 90.3 Å². The van der Waals surface area contributed by atoms with Crippen molar-refractivity contribution in [2.75, 3.05) is 12.4 Å². The number of amides is 1. The molecule has 0 aliphatic rings. The van der Waals surface area contributed by atoms with Gasteiger partial charge in [-0.3, -0.25) is 19.4 Å². The fourth-order valence-electron chi connectivity index (χ4n) is 3.85. The van der Waals surface area contributed by atoms with Crippen molar-refractivity contribution in [3.8, 4) is 5.75 Å². The zero-order valence-electron chi connectivity index (χ0n) is 18.6. The van der Waals surface area contributed by atoms with E-state index >= 15 is 0 Å². The maximum Gasteiger partial charge on any atom is 0.244 e. The van der Waals surface area contributed by atoms with Crippen molar-refractivity contribution in [3.05, 3.63) is 99.6 Å². The lowest BCUT2D eigenvalue weighted by Gasteiger charge is -2.15. The van der Waals surface area contributed by atoms with Crippen LogP contribution in [0.5, 0.6) is 5.75 Å². The zero-order valence-corrected chi connectivity index (χ0v) is 18.6. The first-order chi connectivity index (χ1) is 15.9. The molecule has 0 radical (unpaired) electrons. The van der Waals surface area contributed by atoms with Crippen molar-refractivity contribution in [2.24, 2.45) is 0 Å². The third-order valence-corrected chi connectivity index (χ3v) is 5.30. The Morgan fingerprint density at radius 1 is 1.00 bits per heavy atom. The van der Waals surface area contributed by atoms with E-state index < -0.39 is 11.2 Å². The summed E-state index contributed by atoms with van der Waals surface area (Å²) in [6.45, 7) is 3.83. The molecule has 4 aromatic rings. The van der Waals surface area contributed by atoms with E-state index in [0.29, 0.717) is 27.9 Å². The number of carbonyl (C=O) groups is 2. The predicted octanol–water partition coefficient (Wildman–Crippen LogP) is 3.89. The van der Waals surface area contributed by atoms with Crippen LogP contribution < -0.4 is 15.5 Å². The summed E-state index contributed by atoms with van der Waals surface area (Å²) in [6, 6.07) is 13.8. The Balaban J connectivity index is 1.78. The van der Waals surface area contributed by atoms with Crippen molar-refractivity contribution < 1.29 is 14.3 Å². The second kappa shape index (κ2) is 9.08. The first-order valence-electron chi connectivity index (χ1n) is 10.4. The van der Waals surface area contributed by atoms with Crippen molar-refractivity contribution in [3.63, 3.8) is 0 Å². The number of nitrogens with zero attached hydrogens (tertiary/aromatic N) is 2. The number of rotatable bonds is 6. The molecular formula is C26H23N3O4. The number of anilines is 1. The van der Waals surface area contributed by atoms with E-state index in [2.05, 4.69) is 10.3 Å². The smallest absolute Gasteiger partial charge is 0.244 e. The van der Waals surface area contributed by atoms with E-state index in [1.54, 1.807) is 34.9 Å². The van der Waals surface area contributed by atoms with Crippen molar-refractivity contribution in [1.29, 1.82) is 0 Å². The van der Waals surface area contributed by atoms with Gasteiger partial charge in [0.15, 0.2) is 5.78 Å². The minimum atomic E-state index is -0.427. The molecule has 0 unspecified atom stereocenters. The first kappa shape index (κ1) is 22.0. The van der Waals surface area contributed by atoms with Crippen LogP contribution in [-0.4, -0.2) is 28.4 Å². The maximum atomic E-state index is 13.2. The lowest BCUT2D eigenvalue weighted by atomic mass is 10.0. The Hall–Kier alpha value is -4.26. The second-order valence-electron chi connectivity index (χ2n) is 7.87. The summed E-state index contributed by atoms with van der Waals surface area (Å²) in [4.78, 5) is 43.1. The second-order valence-corrected chi connectivity index (χ2v) is 7.87. The fourth-order valence-corrected chi connectivity index (χ4v) is 3.85. The van der Waals surface area contributed by atoms with Gasteiger partial charge >= 0.3 is 0 Å². The van der Waals surface area contributed by atoms with Crippen LogP contribution in [0.2, 0.25) is 0 Å². The maximum absolute atomic E-state index is 13.2. The Morgan fingerprint density at radius 3 is 2.36 bits per heavy atom. The number of methoxy groups -OCH3 is 1. The SMILES string of the molecule is COc1ccc2c(=O)c(C(=O)c3ccncc3)cn(CC(=O)Nc3cc(C)cc(C)c3)c2c1. The van der Waals surface area contributed by atoms with Gasteiger partial charge < -0.3 is 14.6 Å². The molecule has 0 fully saturated rings. The highest BCUT2D eigenvalue weighted by molar-refractivity contribution is 6.10. The Labute approximate surface area is 190 Å². The average Bonchev–Trinajstić information content (AvgIpc) is 2.80. The number of aryl methyl sites for hydroxylation is 2. The third kappa shape index (κ3) is 4.67. The highest BCUT2D eigenvalue weighted by Gasteiger charge is 2.19. The molecule has 0 saturated carbocycles. The fraction of sp³-hybridized carbons (Fsp3) is 0.154. The monoisotopic (exact) mass is 441 g/mol. The molecule has 0 atom stereocenters. The van der Waals surface area contributed by atoms with Crippen molar-refractivity contribution in [2.45, 2.75) is 20.4 Å².